The van der Waals surface area contributed by atoms with Gasteiger partial charge in [0.25, 0.3) is 5.91 Å². The highest BCUT2D eigenvalue weighted by Crippen LogP contribution is 2.16. The van der Waals surface area contributed by atoms with E-state index in [1.165, 1.54) is 16.7 Å². The molecule has 2 N–H and O–H groups in total. The van der Waals surface area contributed by atoms with Gasteiger partial charge in [0.1, 0.15) is 5.69 Å². The van der Waals surface area contributed by atoms with Gasteiger partial charge in [0.2, 0.25) is 0 Å². The first-order chi connectivity index (χ1) is 10.3. The molecule has 1 aliphatic rings. The first kappa shape index (κ1) is 13.8. The molecule has 1 aromatic carbocycles. The molecular weight excluding hydrogens is 264 g/mol. The molecule has 1 aromatic heterocycles. The summed E-state index contributed by atoms with van der Waals surface area (Å²) >= 11 is 0. The second-order valence-electron chi connectivity index (χ2n) is 5.36. The molecule has 2 aromatic rings. The molecule has 0 saturated carbocycles. The van der Waals surface area contributed by atoms with Crippen molar-refractivity contribution in [2.45, 2.75) is 19.4 Å². The van der Waals surface area contributed by atoms with Crippen molar-refractivity contribution in [3.05, 3.63) is 53.1 Å². The summed E-state index contributed by atoms with van der Waals surface area (Å²) in [6.45, 7) is 2.84. The minimum atomic E-state index is -0.151. The minimum absolute atomic E-state index is 0.151. The number of amides is 1. The van der Waals surface area contributed by atoms with E-state index in [0.717, 1.165) is 32.5 Å². The SMILES string of the molecule is CNC(=O)c1cn(Cc2ccc3c(c2)CCNCC3)cn1. The fourth-order valence-electron chi connectivity index (χ4n) is 2.73. The first-order valence-corrected chi connectivity index (χ1v) is 7.31. The molecule has 5 heteroatoms. The van der Waals surface area contributed by atoms with Crippen molar-refractivity contribution in [3.8, 4) is 0 Å². The van der Waals surface area contributed by atoms with Crippen molar-refractivity contribution >= 4 is 5.91 Å². The summed E-state index contributed by atoms with van der Waals surface area (Å²) in [5.74, 6) is -0.151. The average molecular weight is 284 g/mol. The molecule has 21 heavy (non-hydrogen) atoms. The summed E-state index contributed by atoms with van der Waals surface area (Å²) in [4.78, 5) is 15.6. The minimum Gasteiger partial charge on any atom is -0.354 e. The Hall–Kier alpha value is -2.14. The molecule has 1 amide bonds. The first-order valence-electron chi connectivity index (χ1n) is 7.31. The predicted octanol–water partition coefficient (Wildman–Crippen LogP) is 0.979. The van der Waals surface area contributed by atoms with Gasteiger partial charge in [0.05, 0.1) is 6.33 Å². The summed E-state index contributed by atoms with van der Waals surface area (Å²) in [6, 6.07) is 6.68. The van der Waals surface area contributed by atoms with E-state index in [-0.39, 0.29) is 5.91 Å². The number of carbonyl (C=O) groups is 1. The van der Waals surface area contributed by atoms with E-state index in [9.17, 15) is 4.79 Å². The lowest BCUT2D eigenvalue weighted by Crippen LogP contribution is -2.18. The summed E-state index contributed by atoms with van der Waals surface area (Å²) in [5, 5.41) is 6.01. The third-order valence-corrected chi connectivity index (χ3v) is 3.87. The number of imidazole rings is 1. The van der Waals surface area contributed by atoms with Crippen LogP contribution in [0.1, 0.15) is 27.2 Å². The summed E-state index contributed by atoms with van der Waals surface area (Å²) in [7, 11) is 1.61. The number of hydrogen-bond acceptors (Lipinski definition) is 3. The van der Waals surface area contributed by atoms with Crippen molar-refractivity contribution in [1.82, 2.24) is 20.2 Å². The van der Waals surface area contributed by atoms with Crippen LogP contribution in [-0.4, -0.2) is 35.6 Å². The van der Waals surface area contributed by atoms with Crippen LogP contribution in [0.2, 0.25) is 0 Å². The molecule has 3 rings (SSSR count). The fraction of sp³-hybridized carbons (Fsp3) is 0.375. The third kappa shape index (κ3) is 3.13. The maximum absolute atomic E-state index is 11.5. The van der Waals surface area contributed by atoms with Crippen LogP contribution < -0.4 is 10.6 Å². The van der Waals surface area contributed by atoms with E-state index in [0.29, 0.717) is 5.69 Å². The van der Waals surface area contributed by atoms with Crippen molar-refractivity contribution in [1.29, 1.82) is 0 Å². The van der Waals surface area contributed by atoms with Gasteiger partial charge in [-0.1, -0.05) is 18.2 Å². The molecule has 0 atom stereocenters. The highest BCUT2D eigenvalue weighted by molar-refractivity contribution is 5.91. The van der Waals surface area contributed by atoms with Crippen LogP contribution in [0.15, 0.2) is 30.7 Å². The lowest BCUT2D eigenvalue weighted by Gasteiger charge is -2.09. The number of benzene rings is 1. The molecule has 2 heterocycles. The Morgan fingerprint density at radius 3 is 2.95 bits per heavy atom. The van der Waals surface area contributed by atoms with E-state index >= 15 is 0 Å². The fourth-order valence-corrected chi connectivity index (χ4v) is 2.73. The van der Waals surface area contributed by atoms with Crippen molar-refractivity contribution < 1.29 is 4.79 Å². The Bertz CT molecular complexity index is 647. The summed E-state index contributed by atoms with van der Waals surface area (Å²) < 4.78 is 1.95. The van der Waals surface area contributed by atoms with Gasteiger partial charge >= 0.3 is 0 Å². The van der Waals surface area contributed by atoms with Crippen LogP contribution in [0.4, 0.5) is 0 Å². The number of carbonyl (C=O) groups excluding carboxylic acids is 1. The molecule has 110 valence electrons. The number of rotatable bonds is 3. The number of hydrogen-bond donors (Lipinski definition) is 2. The molecular formula is C16H20N4O. The Kier molecular flexibility index (Phi) is 4.01. The van der Waals surface area contributed by atoms with Gasteiger partial charge in [-0.05, 0) is 42.6 Å². The summed E-state index contributed by atoms with van der Waals surface area (Å²) in [5.41, 5.74) is 4.58. The van der Waals surface area contributed by atoms with Gasteiger partial charge in [0.15, 0.2) is 0 Å². The molecule has 1 aliphatic heterocycles. The van der Waals surface area contributed by atoms with E-state index in [1.54, 1.807) is 19.6 Å². The number of nitrogens with one attached hydrogen (secondary N) is 2. The Balaban J connectivity index is 1.77. The van der Waals surface area contributed by atoms with E-state index in [1.807, 2.05) is 4.57 Å². The highest BCUT2D eigenvalue weighted by atomic mass is 16.1. The standard InChI is InChI=1S/C16H20N4O/c1-17-16(21)15-10-20(11-19-15)9-12-2-3-13-4-6-18-7-5-14(13)8-12/h2-3,8,10-11,18H,4-7,9H2,1H3,(H,17,21). The molecule has 0 saturated heterocycles. The zero-order valence-electron chi connectivity index (χ0n) is 12.2. The molecule has 0 spiro atoms. The molecule has 0 radical (unpaired) electrons. The van der Waals surface area contributed by atoms with Crippen LogP contribution >= 0.6 is 0 Å². The molecule has 0 bridgehead atoms. The Labute approximate surface area is 124 Å². The Morgan fingerprint density at radius 1 is 1.33 bits per heavy atom. The lowest BCUT2D eigenvalue weighted by molar-refractivity contribution is 0.0958. The average Bonchev–Trinajstić information content (AvgIpc) is 2.83. The zero-order chi connectivity index (χ0) is 14.7. The van der Waals surface area contributed by atoms with Crippen molar-refractivity contribution in [3.63, 3.8) is 0 Å². The second-order valence-corrected chi connectivity index (χ2v) is 5.36. The van der Waals surface area contributed by atoms with E-state index < -0.39 is 0 Å². The monoisotopic (exact) mass is 284 g/mol. The zero-order valence-corrected chi connectivity index (χ0v) is 12.2. The maximum Gasteiger partial charge on any atom is 0.271 e. The molecule has 0 unspecified atom stereocenters. The van der Waals surface area contributed by atoms with Crippen LogP contribution in [0.5, 0.6) is 0 Å². The third-order valence-electron chi connectivity index (χ3n) is 3.87. The smallest absolute Gasteiger partial charge is 0.271 e. The quantitative estimate of drug-likeness (QED) is 0.883. The van der Waals surface area contributed by atoms with Gasteiger partial charge in [-0.15, -0.1) is 0 Å². The number of aromatic nitrogens is 2. The maximum atomic E-state index is 11.5. The number of nitrogens with zero attached hydrogens (tertiary/aromatic N) is 2. The van der Waals surface area contributed by atoms with Crippen LogP contribution in [0, 0.1) is 0 Å². The van der Waals surface area contributed by atoms with Crippen molar-refractivity contribution in [2.75, 3.05) is 20.1 Å². The molecule has 0 fully saturated rings. The van der Waals surface area contributed by atoms with Crippen molar-refractivity contribution in [2.24, 2.45) is 0 Å². The van der Waals surface area contributed by atoms with E-state index in [2.05, 4.69) is 33.8 Å². The van der Waals surface area contributed by atoms with Gasteiger partial charge in [-0.2, -0.15) is 0 Å². The molecule has 5 nitrogen and oxygen atoms in total. The highest BCUT2D eigenvalue weighted by Gasteiger charge is 2.10. The van der Waals surface area contributed by atoms with Crippen LogP contribution in [0.25, 0.3) is 0 Å². The van der Waals surface area contributed by atoms with E-state index in [4.69, 9.17) is 0 Å². The Morgan fingerprint density at radius 2 is 2.14 bits per heavy atom. The topological polar surface area (TPSA) is 59.0 Å². The lowest BCUT2D eigenvalue weighted by atomic mass is 10.00. The largest absolute Gasteiger partial charge is 0.354 e. The number of fused-ring (bicyclic) bond motifs is 1. The second kappa shape index (κ2) is 6.10. The van der Waals surface area contributed by atoms with Gasteiger partial charge in [0, 0.05) is 19.8 Å². The van der Waals surface area contributed by atoms with Crippen LogP contribution in [-0.2, 0) is 19.4 Å². The van der Waals surface area contributed by atoms with Crippen LogP contribution in [0.3, 0.4) is 0 Å². The van der Waals surface area contributed by atoms with Gasteiger partial charge in [-0.25, -0.2) is 4.98 Å². The molecule has 0 aliphatic carbocycles. The van der Waals surface area contributed by atoms with Gasteiger partial charge < -0.3 is 15.2 Å². The predicted molar refractivity (Wildman–Crippen MR) is 81.4 cm³/mol. The normalized spacial score (nSPS) is 14.3. The summed E-state index contributed by atoms with van der Waals surface area (Å²) in [6.07, 6.45) is 5.67. The van der Waals surface area contributed by atoms with Gasteiger partial charge in [-0.3, -0.25) is 4.79 Å².